The van der Waals surface area contributed by atoms with Crippen LogP contribution in [-0.4, -0.2) is 17.4 Å². The third-order valence-electron chi connectivity index (χ3n) is 3.66. The van der Waals surface area contributed by atoms with Crippen LogP contribution in [-0.2, 0) is 0 Å². The first-order valence-corrected chi connectivity index (χ1v) is 7.37. The maximum absolute atomic E-state index is 12.4. The number of rotatable bonds is 3. The zero-order valence-electron chi connectivity index (χ0n) is 12.8. The second kappa shape index (κ2) is 6.33. The number of benzene rings is 2. The summed E-state index contributed by atoms with van der Waals surface area (Å²) in [5, 5.41) is 3.54. The molecule has 0 radical (unpaired) electrons. The second-order valence-electron chi connectivity index (χ2n) is 5.33. The minimum atomic E-state index is -0.185. The number of hydrogen-bond acceptors (Lipinski definition) is 2. The van der Waals surface area contributed by atoms with Crippen LogP contribution in [0.15, 0.2) is 54.6 Å². The van der Waals surface area contributed by atoms with Crippen molar-refractivity contribution in [3.63, 3.8) is 0 Å². The Bertz CT molecular complexity index is 905. The predicted molar refractivity (Wildman–Crippen MR) is 93.1 cm³/mol. The largest absolute Gasteiger partial charge is 0.341 e. The Hall–Kier alpha value is -3.12. The lowest BCUT2D eigenvalue weighted by Crippen LogP contribution is -2.23. The molecule has 0 saturated carbocycles. The summed E-state index contributed by atoms with van der Waals surface area (Å²) in [4.78, 5) is 17.1. The number of aromatic nitrogens is 1. The van der Waals surface area contributed by atoms with Gasteiger partial charge in [-0.1, -0.05) is 53.9 Å². The standard InChI is InChI=1S/C20H16N2O/c1-3-12-21-20(23)17-13-19(15-10-8-14(2)9-11-15)22-18-7-5-4-6-16(17)18/h1,4-11,13H,12H2,2H3,(H,21,23). The quantitative estimate of drug-likeness (QED) is 0.751. The molecule has 0 atom stereocenters. The van der Waals surface area contributed by atoms with E-state index in [1.54, 1.807) is 0 Å². The molecule has 0 spiro atoms. The Morgan fingerprint density at radius 2 is 1.91 bits per heavy atom. The van der Waals surface area contributed by atoms with Crippen LogP contribution in [0.2, 0.25) is 0 Å². The third kappa shape index (κ3) is 3.07. The fraction of sp³-hybridized carbons (Fsp3) is 0.100. The van der Waals surface area contributed by atoms with Gasteiger partial charge in [-0.3, -0.25) is 4.79 Å². The van der Waals surface area contributed by atoms with Crippen LogP contribution in [0.4, 0.5) is 0 Å². The van der Waals surface area contributed by atoms with Gasteiger partial charge in [-0.25, -0.2) is 4.98 Å². The van der Waals surface area contributed by atoms with Crippen molar-refractivity contribution in [3.05, 3.63) is 65.7 Å². The molecule has 112 valence electrons. The zero-order valence-corrected chi connectivity index (χ0v) is 12.8. The number of nitrogens with one attached hydrogen (secondary N) is 1. The van der Waals surface area contributed by atoms with E-state index in [4.69, 9.17) is 6.42 Å². The first-order chi connectivity index (χ1) is 11.2. The van der Waals surface area contributed by atoms with Gasteiger partial charge in [0, 0.05) is 10.9 Å². The first kappa shape index (κ1) is 14.8. The molecule has 3 nitrogen and oxygen atoms in total. The molecule has 1 N–H and O–H groups in total. The Kier molecular flexibility index (Phi) is 4.07. The summed E-state index contributed by atoms with van der Waals surface area (Å²) in [5.74, 6) is 2.24. The monoisotopic (exact) mass is 300 g/mol. The van der Waals surface area contributed by atoms with E-state index in [-0.39, 0.29) is 12.5 Å². The van der Waals surface area contributed by atoms with Gasteiger partial charge in [-0.15, -0.1) is 6.42 Å². The predicted octanol–water partition coefficient (Wildman–Crippen LogP) is 3.57. The van der Waals surface area contributed by atoms with Crippen LogP contribution >= 0.6 is 0 Å². The van der Waals surface area contributed by atoms with E-state index < -0.39 is 0 Å². The molecule has 0 aliphatic rings. The van der Waals surface area contributed by atoms with Gasteiger partial charge < -0.3 is 5.32 Å². The molecule has 23 heavy (non-hydrogen) atoms. The molecule has 1 amide bonds. The normalized spacial score (nSPS) is 10.3. The lowest BCUT2D eigenvalue weighted by molar-refractivity contribution is 0.0960. The SMILES string of the molecule is C#CCNC(=O)c1cc(-c2ccc(C)cc2)nc2ccccc12. The van der Waals surface area contributed by atoms with Crippen molar-refractivity contribution in [2.45, 2.75) is 6.92 Å². The van der Waals surface area contributed by atoms with Gasteiger partial charge in [-0.05, 0) is 19.1 Å². The van der Waals surface area contributed by atoms with Crippen LogP contribution < -0.4 is 5.32 Å². The van der Waals surface area contributed by atoms with Gasteiger partial charge in [0.25, 0.3) is 5.91 Å². The maximum Gasteiger partial charge on any atom is 0.252 e. The highest BCUT2D eigenvalue weighted by Gasteiger charge is 2.13. The molecule has 0 aliphatic carbocycles. The number of pyridine rings is 1. The van der Waals surface area contributed by atoms with Gasteiger partial charge in [0.2, 0.25) is 0 Å². The fourth-order valence-electron chi connectivity index (χ4n) is 2.46. The molecule has 3 aromatic rings. The first-order valence-electron chi connectivity index (χ1n) is 7.37. The number of carbonyl (C=O) groups is 1. The summed E-state index contributed by atoms with van der Waals surface area (Å²) in [5.41, 5.74) is 4.31. The molecule has 3 heteroatoms. The van der Waals surface area contributed by atoms with Crippen molar-refractivity contribution in [1.29, 1.82) is 0 Å². The summed E-state index contributed by atoms with van der Waals surface area (Å²) >= 11 is 0. The van der Waals surface area contributed by atoms with Gasteiger partial charge in [0.15, 0.2) is 0 Å². The van der Waals surface area contributed by atoms with E-state index in [0.717, 1.165) is 22.2 Å². The van der Waals surface area contributed by atoms with E-state index in [0.29, 0.717) is 5.56 Å². The zero-order chi connectivity index (χ0) is 16.2. The molecule has 1 aromatic heterocycles. The van der Waals surface area contributed by atoms with E-state index in [9.17, 15) is 4.79 Å². The van der Waals surface area contributed by atoms with E-state index in [1.165, 1.54) is 5.56 Å². The summed E-state index contributed by atoms with van der Waals surface area (Å²) in [7, 11) is 0. The third-order valence-corrected chi connectivity index (χ3v) is 3.66. The van der Waals surface area contributed by atoms with Crippen molar-refractivity contribution < 1.29 is 4.79 Å². The highest BCUT2D eigenvalue weighted by atomic mass is 16.1. The summed E-state index contributed by atoms with van der Waals surface area (Å²) in [6, 6.07) is 17.5. The Balaban J connectivity index is 2.15. The van der Waals surface area contributed by atoms with Crippen molar-refractivity contribution in [2.24, 2.45) is 0 Å². The number of carbonyl (C=O) groups excluding carboxylic acids is 1. The minimum absolute atomic E-state index is 0.185. The molecular formula is C20H16N2O. The van der Waals surface area contributed by atoms with E-state index in [2.05, 4.69) is 16.2 Å². The molecule has 0 unspecified atom stereocenters. The summed E-state index contributed by atoms with van der Waals surface area (Å²) in [6.07, 6.45) is 5.23. The lowest BCUT2D eigenvalue weighted by atomic mass is 10.0. The van der Waals surface area contributed by atoms with E-state index >= 15 is 0 Å². The molecule has 0 aliphatic heterocycles. The van der Waals surface area contributed by atoms with Gasteiger partial charge >= 0.3 is 0 Å². The van der Waals surface area contributed by atoms with Crippen LogP contribution in [0, 0.1) is 19.3 Å². The molecule has 3 rings (SSSR count). The number of aryl methyl sites for hydroxylation is 1. The van der Waals surface area contributed by atoms with Crippen molar-refractivity contribution in [3.8, 4) is 23.6 Å². The highest BCUT2D eigenvalue weighted by Crippen LogP contribution is 2.25. The minimum Gasteiger partial charge on any atom is -0.341 e. The topological polar surface area (TPSA) is 42.0 Å². The van der Waals surface area contributed by atoms with Crippen molar-refractivity contribution in [2.75, 3.05) is 6.54 Å². The number of hydrogen-bond donors (Lipinski definition) is 1. The highest BCUT2D eigenvalue weighted by molar-refractivity contribution is 6.07. The van der Waals surface area contributed by atoms with Crippen molar-refractivity contribution >= 4 is 16.8 Å². The molecule has 0 saturated heterocycles. The van der Waals surface area contributed by atoms with Gasteiger partial charge in [0.05, 0.1) is 23.3 Å². The van der Waals surface area contributed by atoms with E-state index in [1.807, 2.05) is 61.5 Å². The summed E-state index contributed by atoms with van der Waals surface area (Å²) in [6.45, 7) is 2.24. The molecular weight excluding hydrogens is 284 g/mol. The Morgan fingerprint density at radius 1 is 1.17 bits per heavy atom. The Labute approximate surface area is 135 Å². The number of nitrogens with zero attached hydrogens (tertiary/aromatic N) is 1. The fourth-order valence-corrected chi connectivity index (χ4v) is 2.46. The lowest BCUT2D eigenvalue weighted by Gasteiger charge is -2.10. The summed E-state index contributed by atoms with van der Waals surface area (Å²) < 4.78 is 0. The van der Waals surface area contributed by atoms with Gasteiger partial charge in [0.1, 0.15) is 0 Å². The average molecular weight is 300 g/mol. The average Bonchev–Trinajstić information content (AvgIpc) is 2.59. The number of fused-ring (bicyclic) bond motifs is 1. The maximum atomic E-state index is 12.4. The molecule has 1 heterocycles. The second-order valence-corrected chi connectivity index (χ2v) is 5.33. The van der Waals surface area contributed by atoms with Crippen LogP contribution in [0.3, 0.4) is 0 Å². The molecule has 0 bridgehead atoms. The van der Waals surface area contributed by atoms with Crippen LogP contribution in [0.1, 0.15) is 15.9 Å². The Morgan fingerprint density at radius 3 is 2.65 bits per heavy atom. The molecule has 0 fully saturated rings. The number of terminal acetylenes is 1. The van der Waals surface area contributed by atoms with Crippen LogP contribution in [0.25, 0.3) is 22.2 Å². The molecule has 2 aromatic carbocycles. The van der Waals surface area contributed by atoms with Crippen molar-refractivity contribution in [1.82, 2.24) is 10.3 Å². The smallest absolute Gasteiger partial charge is 0.252 e. The number of amides is 1. The van der Waals surface area contributed by atoms with Crippen LogP contribution in [0.5, 0.6) is 0 Å². The number of para-hydroxylation sites is 1. The van der Waals surface area contributed by atoms with Gasteiger partial charge in [-0.2, -0.15) is 0 Å².